The molecule has 0 amide bonds. The van der Waals surface area contributed by atoms with Crippen molar-refractivity contribution >= 4 is 5.97 Å². The molecule has 5 nitrogen and oxygen atoms in total. The number of esters is 1. The number of aromatic amines is 1. The van der Waals surface area contributed by atoms with Gasteiger partial charge in [0.05, 0.1) is 20.6 Å². The largest absolute Gasteiger partial charge is 0.491 e. The second-order valence-electron chi connectivity index (χ2n) is 3.15. The Labute approximate surface area is 95.4 Å². The zero-order valence-corrected chi connectivity index (χ0v) is 9.25. The van der Waals surface area contributed by atoms with E-state index in [1.54, 1.807) is 0 Å². The van der Waals surface area contributed by atoms with Crippen molar-refractivity contribution in [3.63, 3.8) is 0 Å². The van der Waals surface area contributed by atoms with Crippen molar-refractivity contribution in [1.82, 2.24) is 4.98 Å². The van der Waals surface area contributed by atoms with Crippen molar-refractivity contribution < 1.29 is 23.0 Å². The number of alkyl halides is 2. The average molecular weight is 247 g/mol. The maximum Gasteiger partial charge on any atom is 0.311 e. The van der Waals surface area contributed by atoms with Gasteiger partial charge in [-0.2, -0.15) is 0 Å². The lowest BCUT2D eigenvalue weighted by atomic mass is 10.1. The number of rotatable bonds is 4. The van der Waals surface area contributed by atoms with Gasteiger partial charge in [0.25, 0.3) is 12.0 Å². The number of pyridine rings is 1. The van der Waals surface area contributed by atoms with Crippen molar-refractivity contribution in [2.75, 3.05) is 14.2 Å². The Morgan fingerprint density at radius 2 is 2.12 bits per heavy atom. The highest BCUT2D eigenvalue weighted by Gasteiger charge is 2.19. The fraction of sp³-hybridized carbons (Fsp3) is 0.400. The molecular formula is C10H11F2NO4. The summed E-state index contributed by atoms with van der Waals surface area (Å²) in [5, 5.41) is 0. The number of carbonyl (C=O) groups is 1. The third kappa shape index (κ3) is 3.02. The van der Waals surface area contributed by atoms with Crippen LogP contribution in [0.25, 0.3) is 0 Å². The van der Waals surface area contributed by atoms with Crippen molar-refractivity contribution in [2.45, 2.75) is 12.8 Å². The Hall–Kier alpha value is -1.92. The Morgan fingerprint density at radius 1 is 1.47 bits per heavy atom. The third-order valence-electron chi connectivity index (χ3n) is 2.13. The molecule has 0 atom stereocenters. The molecule has 0 aromatic carbocycles. The van der Waals surface area contributed by atoms with Crippen molar-refractivity contribution in [3.05, 3.63) is 27.7 Å². The first kappa shape index (κ1) is 13.1. The number of methoxy groups -OCH3 is 2. The number of aromatic nitrogens is 1. The summed E-state index contributed by atoms with van der Waals surface area (Å²) in [6, 6.07) is 0.918. The van der Waals surface area contributed by atoms with Crippen LogP contribution in [0, 0.1) is 0 Å². The molecule has 94 valence electrons. The number of ether oxygens (including phenoxy) is 2. The van der Waals surface area contributed by atoms with Gasteiger partial charge in [-0.15, -0.1) is 0 Å². The van der Waals surface area contributed by atoms with Crippen LogP contribution < -0.4 is 10.3 Å². The van der Waals surface area contributed by atoms with Gasteiger partial charge in [0, 0.05) is 11.3 Å². The summed E-state index contributed by atoms with van der Waals surface area (Å²) in [4.78, 5) is 24.5. The SMILES string of the molecule is COC(=O)Cc1[nH]c(=O)c(OC)cc1C(F)F. The molecule has 0 fully saturated rings. The highest BCUT2D eigenvalue weighted by molar-refractivity contribution is 5.72. The average Bonchev–Trinajstić information content (AvgIpc) is 2.28. The maximum absolute atomic E-state index is 12.7. The number of halogens is 2. The summed E-state index contributed by atoms with van der Waals surface area (Å²) in [5.74, 6) is -0.943. The van der Waals surface area contributed by atoms with E-state index >= 15 is 0 Å². The van der Waals surface area contributed by atoms with E-state index in [1.807, 2.05) is 0 Å². The molecule has 0 saturated heterocycles. The summed E-state index contributed by atoms with van der Waals surface area (Å²) in [6.07, 6.45) is -3.24. The van der Waals surface area contributed by atoms with Crippen LogP contribution in [0.4, 0.5) is 8.78 Å². The molecule has 0 bridgehead atoms. The van der Waals surface area contributed by atoms with Crippen LogP contribution in [0.5, 0.6) is 5.75 Å². The molecule has 1 aromatic rings. The topological polar surface area (TPSA) is 68.4 Å². The van der Waals surface area contributed by atoms with Crippen molar-refractivity contribution in [2.24, 2.45) is 0 Å². The lowest BCUT2D eigenvalue weighted by molar-refractivity contribution is -0.139. The van der Waals surface area contributed by atoms with E-state index in [4.69, 9.17) is 0 Å². The molecule has 0 spiro atoms. The first-order chi connectivity index (χ1) is 7.99. The summed E-state index contributed by atoms with van der Waals surface area (Å²) in [6.45, 7) is 0. The Bertz CT molecular complexity index is 470. The normalized spacial score (nSPS) is 10.4. The fourth-order valence-electron chi connectivity index (χ4n) is 1.27. The molecule has 0 aliphatic heterocycles. The summed E-state index contributed by atoms with van der Waals surface area (Å²) >= 11 is 0. The fourth-order valence-corrected chi connectivity index (χ4v) is 1.27. The monoisotopic (exact) mass is 247 g/mol. The Balaban J connectivity index is 3.23. The first-order valence-corrected chi connectivity index (χ1v) is 4.64. The second-order valence-corrected chi connectivity index (χ2v) is 3.15. The number of hydrogen-bond acceptors (Lipinski definition) is 4. The zero-order valence-electron chi connectivity index (χ0n) is 9.25. The number of carbonyl (C=O) groups excluding carboxylic acids is 1. The van der Waals surface area contributed by atoms with Gasteiger partial charge in [0.2, 0.25) is 0 Å². The molecule has 1 rings (SSSR count). The lowest BCUT2D eigenvalue weighted by Gasteiger charge is -2.09. The molecule has 0 aliphatic carbocycles. The predicted molar refractivity (Wildman–Crippen MR) is 54.3 cm³/mol. The van der Waals surface area contributed by atoms with Gasteiger partial charge in [0.15, 0.2) is 5.75 Å². The van der Waals surface area contributed by atoms with Crippen LogP contribution in [0.3, 0.4) is 0 Å². The van der Waals surface area contributed by atoms with Crippen LogP contribution >= 0.6 is 0 Å². The molecule has 1 aromatic heterocycles. The second kappa shape index (κ2) is 5.42. The van der Waals surface area contributed by atoms with E-state index in [0.717, 1.165) is 13.2 Å². The van der Waals surface area contributed by atoms with Gasteiger partial charge in [-0.25, -0.2) is 8.78 Å². The Morgan fingerprint density at radius 3 is 2.59 bits per heavy atom. The summed E-state index contributed by atoms with van der Waals surface area (Å²) in [5.41, 5.74) is -1.29. The number of hydrogen-bond donors (Lipinski definition) is 1. The van der Waals surface area contributed by atoms with E-state index in [0.29, 0.717) is 0 Å². The van der Waals surface area contributed by atoms with E-state index in [-0.39, 0.29) is 11.4 Å². The van der Waals surface area contributed by atoms with E-state index < -0.39 is 29.9 Å². The first-order valence-electron chi connectivity index (χ1n) is 4.64. The van der Waals surface area contributed by atoms with Crippen molar-refractivity contribution in [1.29, 1.82) is 0 Å². The summed E-state index contributed by atoms with van der Waals surface area (Å²) in [7, 11) is 2.33. The van der Waals surface area contributed by atoms with Gasteiger partial charge >= 0.3 is 5.97 Å². The summed E-state index contributed by atoms with van der Waals surface area (Å²) < 4.78 is 34.4. The highest BCUT2D eigenvalue weighted by atomic mass is 19.3. The highest BCUT2D eigenvalue weighted by Crippen LogP contribution is 2.23. The Kier molecular flexibility index (Phi) is 4.19. The van der Waals surface area contributed by atoms with Crippen LogP contribution in [0.2, 0.25) is 0 Å². The number of H-pyrrole nitrogens is 1. The van der Waals surface area contributed by atoms with E-state index in [2.05, 4.69) is 14.5 Å². The third-order valence-corrected chi connectivity index (χ3v) is 2.13. The molecule has 0 unspecified atom stereocenters. The standard InChI is InChI=1S/C10H11F2NO4/c1-16-7-3-5(9(11)12)6(13-10(7)15)4-8(14)17-2/h3,9H,4H2,1-2H3,(H,13,15). The minimum atomic E-state index is -2.82. The smallest absolute Gasteiger partial charge is 0.311 e. The maximum atomic E-state index is 12.7. The van der Waals surface area contributed by atoms with Crippen LogP contribution in [0.15, 0.2) is 10.9 Å². The molecule has 0 aliphatic rings. The van der Waals surface area contributed by atoms with E-state index in [9.17, 15) is 18.4 Å². The molecule has 1 N–H and O–H groups in total. The van der Waals surface area contributed by atoms with Gasteiger partial charge < -0.3 is 14.5 Å². The number of nitrogens with one attached hydrogen (secondary N) is 1. The molecule has 0 radical (unpaired) electrons. The van der Waals surface area contributed by atoms with Gasteiger partial charge in [-0.05, 0) is 6.07 Å². The van der Waals surface area contributed by atoms with Crippen LogP contribution in [0.1, 0.15) is 17.7 Å². The quantitative estimate of drug-likeness (QED) is 0.807. The van der Waals surface area contributed by atoms with E-state index in [1.165, 1.54) is 7.11 Å². The van der Waals surface area contributed by atoms with Crippen LogP contribution in [-0.2, 0) is 16.0 Å². The zero-order chi connectivity index (χ0) is 13.0. The lowest BCUT2D eigenvalue weighted by Crippen LogP contribution is -2.17. The predicted octanol–water partition coefficient (Wildman–Crippen LogP) is 1.04. The van der Waals surface area contributed by atoms with Crippen molar-refractivity contribution in [3.8, 4) is 5.75 Å². The molecule has 1 heterocycles. The minimum absolute atomic E-state index is 0.169. The molecule has 0 saturated carbocycles. The van der Waals surface area contributed by atoms with Gasteiger partial charge in [0.1, 0.15) is 0 Å². The molecular weight excluding hydrogens is 236 g/mol. The van der Waals surface area contributed by atoms with Crippen LogP contribution in [-0.4, -0.2) is 25.2 Å². The molecule has 7 heteroatoms. The molecule has 17 heavy (non-hydrogen) atoms. The van der Waals surface area contributed by atoms with Gasteiger partial charge in [-0.1, -0.05) is 0 Å². The van der Waals surface area contributed by atoms with Gasteiger partial charge in [-0.3, -0.25) is 9.59 Å². The minimum Gasteiger partial charge on any atom is -0.491 e.